The van der Waals surface area contributed by atoms with Crippen molar-refractivity contribution in [3.8, 4) is 11.8 Å². The number of nitrogens with zero attached hydrogens (tertiary/aromatic N) is 7. The number of hydrogen-bond donors (Lipinski definition) is 1. The average Bonchev–Trinajstić information content (AvgIpc) is 3.42. The molecule has 0 saturated carbocycles. The van der Waals surface area contributed by atoms with E-state index in [1.54, 1.807) is 43.8 Å². The molecule has 0 spiro atoms. The predicted octanol–water partition coefficient (Wildman–Crippen LogP) is 1.75. The summed E-state index contributed by atoms with van der Waals surface area (Å²) in [7, 11) is 0. The lowest BCUT2D eigenvalue weighted by atomic mass is 10.2. The zero-order chi connectivity index (χ0) is 25.8. The van der Waals surface area contributed by atoms with Gasteiger partial charge in [-0.1, -0.05) is 0 Å². The summed E-state index contributed by atoms with van der Waals surface area (Å²) in [6, 6.07) is 7.50. The molecule has 1 unspecified atom stereocenters. The minimum absolute atomic E-state index is 0.0851. The van der Waals surface area contributed by atoms with Crippen LogP contribution in [-0.4, -0.2) is 76.3 Å². The number of pyridine rings is 2. The topological polar surface area (TPSA) is 131 Å². The van der Waals surface area contributed by atoms with Gasteiger partial charge in [-0.05, 0) is 38.0 Å². The van der Waals surface area contributed by atoms with Crippen LogP contribution < -0.4 is 20.1 Å². The van der Waals surface area contributed by atoms with Crippen LogP contribution in [0.25, 0.3) is 0 Å². The van der Waals surface area contributed by atoms with Gasteiger partial charge in [0.15, 0.2) is 0 Å². The van der Waals surface area contributed by atoms with Crippen molar-refractivity contribution in [2.75, 3.05) is 49.1 Å². The number of rotatable bonds is 6. The molecule has 1 N–H and O–H groups in total. The highest BCUT2D eigenvalue weighted by molar-refractivity contribution is 5.94. The fourth-order valence-corrected chi connectivity index (χ4v) is 4.83. The summed E-state index contributed by atoms with van der Waals surface area (Å²) in [5, 5.41) is 15.4. The van der Waals surface area contributed by atoms with E-state index >= 15 is 0 Å². The zero-order valence-electron chi connectivity index (χ0n) is 20.6. The molecule has 1 atom stereocenters. The lowest BCUT2D eigenvalue weighted by Crippen LogP contribution is -2.49. The van der Waals surface area contributed by atoms with E-state index in [2.05, 4.69) is 36.0 Å². The van der Waals surface area contributed by atoms with Gasteiger partial charge in [-0.2, -0.15) is 10.4 Å². The third-order valence-electron chi connectivity index (χ3n) is 6.93. The van der Waals surface area contributed by atoms with Crippen molar-refractivity contribution in [2.45, 2.75) is 25.8 Å². The molecule has 3 aromatic heterocycles. The highest BCUT2D eigenvalue weighted by Gasteiger charge is 2.28. The average molecular weight is 501 g/mol. The van der Waals surface area contributed by atoms with Crippen molar-refractivity contribution in [3.63, 3.8) is 0 Å². The number of carbonyl (C=O) groups is 1. The van der Waals surface area contributed by atoms with E-state index in [0.29, 0.717) is 55.2 Å². The number of H-pyrrole nitrogens is 1. The normalized spacial score (nSPS) is 17.5. The lowest BCUT2D eigenvalue weighted by Gasteiger charge is -2.35. The maximum Gasteiger partial charge on any atom is 0.269 e. The van der Waals surface area contributed by atoms with Crippen molar-refractivity contribution in [1.29, 1.82) is 5.26 Å². The molecule has 2 aliphatic heterocycles. The minimum atomic E-state index is -0.187. The molecule has 11 nitrogen and oxygen atoms in total. The molecule has 2 saturated heterocycles. The van der Waals surface area contributed by atoms with Gasteiger partial charge in [0, 0.05) is 50.7 Å². The van der Waals surface area contributed by atoms with Gasteiger partial charge in [0.1, 0.15) is 24.2 Å². The lowest BCUT2D eigenvalue weighted by molar-refractivity contribution is 0.0745. The maximum absolute atomic E-state index is 13.2. The molecule has 5 heterocycles. The molecule has 5 rings (SSSR count). The monoisotopic (exact) mass is 500 g/mol. The molecule has 2 fully saturated rings. The molecule has 0 aliphatic carbocycles. The van der Waals surface area contributed by atoms with Crippen molar-refractivity contribution in [1.82, 2.24) is 25.1 Å². The van der Waals surface area contributed by atoms with Gasteiger partial charge >= 0.3 is 0 Å². The Morgan fingerprint density at radius 1 is 1.16 bits per heavy atom. The highest BCUT2D eigenvalue weighted by Crippen LogP contribution is 2.27. The summed E-state index contributed by atoms with van der Waals surface area (Å²) in [4.78, 5) is 39.8. The summed E-state index contributed by atoms with van der Waals surface area (Å²) in [6.07, 6.45) is 8.37. The van der Waals surface area contributed by atoms with E-state index in [9.17, 15) is 9.59 Å². The summed E-state index contributed by atoms with van der Waals surface area (Å²) in [6.45, 7) is 5.48. The van der Waals surface area contributed by atoms with E-state index in [0.717, 1.165) is 30.9 Å². The van der Waals surface area contributed by atoms with Gasteiger partial charge in [0.25, 0.3) is 11.5 Å². The van der Waals surface area contributed by atoms with Gasteiger partial charge in [-0.3, -0.25) is 14.6 Å². The van der Waals surface area contributed by atoms with Crippen LogP contribution in [0.4, 0.5) is 11.5 Å². The number of amides is 1. The Morgan fingerprint density at radius 2 is 2.00 bits per heavy atom. The quantitative estimate of drug-likeness (QED) is 0.538. The second-order valence-electron chi connectivity index (χ2n) is 9.22. The van der Waals surface area contributed by atoms with Crippen molar-refractivity contribution in [3.05, 3.63) is 70.0 Å². The summed E-state index contributed by atoms with van der Waals surface area (Å²) in [5.74, 6) is 1.26. The van der Waals surface area contributed by atoms with Gasteiger partial charge in [-0.15, -0.1) is 0 Å². The standard InChI is InChI=1S/C26H28N8O3/c1-18-23(16-30-31-25(18)35)34-6-2-3-21(34)17-37-22-11-20(14-28-15-22)26(36)33-9-7-32(8-10-33)24-5-4-19(12-27)13-29-24/h4-5,11,13-16,21H,2-3,6-10,17H2,1H3,(H,31,35). The molecule has 37 heavy (non-hydrogen) atoms. The summed E-state index contributed by atoms with van der Waals surface area (Å²) < 4.78 is 6.06. The molecule has 190 valence electrons. The first kappa shape index (κ1) is 24.2. The molecule has 2 aliphatic rings. The molecular weight excluding hydrogens is 472 g/mol. The van der Waals surface area contributed by atoms with Crippen molar-refractivity contribution < 1.29 is 9.53 Å². The zero-order valence-corrected chi connectivity index (χ0v) is 20.6. The Balaban J connectivity index is 1.18. The second kappa shape index (κ2) is 10.7. The first-order chi connectivity index (χ1) is 18.0. The number of aromatic amines is 1. The molecule has 11 heteroatoms. The van der Waals surface area contributed by atoms with Crippen molar-refractivity contribution in [2.24, 2.45) is 0 Å². The van der Waals surface area contributed by atoms with Crippen LogP contribution in [0.5, 0.6) is 5.75 Å². The summed E-state index contributed by atoms with van der Waals surface area (Å²) in [5.41, 5.74) is 2.29. The highest BCUT2D eigenvalue weighted by atomic mass is 16.5. The molecule has 0 bridgehead atoms. The number of carbonyl (C=O) groups excluding carboxylic acids is 1. The first-order valence-electron chi connectivity index (χ1n) is 12.3. The van der Waals surface area contributed by atoms with E-state index < -0.39 is 0 Å². The van der Waals surface area contributed by atoms with Gasteiger partial charge in [0.2, 0.25) is 0 Å². The first-order valence-corrected chi connectivity index (χ1v) is 12.3. The SMILES string of the molecule is Cc1c(N2CCCC2COc2cncc(C(=O)N3CCN(c4ccc(C#N)cn4)CC3)c2)cn[nH]c1=O. The second-order valence-corrected chi connectivity index (χ2v) is 9.22. The smallest absolute Gasteiger partial charge is 0.269 e. The molecule has 0 aromatic carbocycles. The van der Waals surface area contributed by atoms with Crippen molar-refractivity contribution >= 4 is 17.4 Å². The molecule has 1 amide bonds. The number of nitriles is 1. The van der Waals surface area contributed by atoms with E-state index in [1.165, 1.54) is 0 Å². The van der Waals surface area contributed by atoms with Gasteiger partial charge in [-0.25, -0.2) is 10.1 Å². The van der Waals surface area contributed by atoms with Crippen LogP contribution in [0.2, 0.25) is 0 Å². The molecule has 0 radical (unpaired) electrons. The Labute approximate surface area is 214 Å². The van der Waals surface area contributed by atoms with Crippen LogP contribution >= 0.6 is 0 Å². The maximum atomic E-state index is 13.2. The Bertz CT molecular complexity index is 1360. The van der Waals surface area contributed by atoms with E-state index in [4.69, 9.17) is 10.00 Å². The van der Waals surface area contributed by atoms with E-state index in [1.807, 2.05) is 11.0 Å². The number of anilines is 2. The van der Waals surface area contributed by atoms with Crippen LogP contribution in [0.1, 0.15) is 34.3 Å². The third kappa shape index (κ3) is 5.23. The molecule has 3 aromatic rings. The number of hydrogen-bond acceptors (Lipinski definition) is 9. The number of nitrogens with one attached hydrogen (secondary N) is 1. The van der Waals surface area contributed by atoms with Gasteiger partial charge < -0.3 is 19.4 Å². The largest absolute Gasteiger partial charge is 0.490 e. The fourth-order valence-electron chi connectivity index (χ4n) is 4.83. The van der Waals surface area contributed by atoms with Crippen LogP contribution in [0, 0.1) is 18.3 Å². The van der Waals surface area contributed by atoms with Crippen LogP contribution in [-0.2, 0) is 0 Å². The minimum Gasteiger partial charge on any atom is -0.490 e. The Hall–Kier alpha value is -4.46. The Morgan fingerprint density at radius 3 is 2.76 bits per heavy atom. The van der Waals surface area contributed by atoms with Crippen LogP contribution in [0.15, 0.2) is 47.8 Å². The third-order valence-corrected chi connectivity index (χ3v) is 6.93. The number of piperazine rings is 1. The number of aromatic nitrogens is 4. The summed E-state index contributed by atoms with van der Waals surface area (Å²) >= 11 is 0. The van der Waals surface area contributed by atoms with E-state index in [-0.39, 0.29) is 17.5 Å². The fraction of sp³-hybridized carbons (Fsp3) is 0.385. The van der Waals surface area contributed by atoms with Crippen LogP contribution in [0.3, 0.4) is 0 Å². The predicted molar refractivity (Wildman–Crippen MR) is 137 cm³/mol. The number of ether oxygens (including phenoxy) is 1. The Kier molecular flexibility index (Phi) is 6.98. The van der Waals surface area contributed by atoms with Gasteiger partial charge in [0.05, 0.1) is 35.2 Å². The molecular formula is C26H28N8O3.